The number of carbonyl (C=O) groups is 1. The number of rotatable bonds is 7. The van der Waals surface area contributed by atoms with E-state index in [0.29, 0.717) is 11.4 Å². The predicted octanol–water partition coefficient (Wildman–Crippen LogP) is 5.98. The quantitative estimate of drug-likeness (QED) is 0.509. The van der Waals surface area contributed by atoms with Gasteiger partial charge in [0.25, 0.3) is 5.91 Å². The van der Waals surface area contributed by atoms with E-state index < -0.39 is 12.5 Å². The summed E-state index contributed by atoms with van der Waals surface area (Å²) in [6.07, 6.45) is 0. The van der Waals surface area contributed by atoms with Gasteiger partial charge in [-0.1, -0.05) is 29.8 Å². The predicted molar refractivity (Wildman–Crippen MR) is 105 cm³/mol. The fourth-order valence-corrected chi connectivity index (χ4v) is 2.94. The third-order valence-corrected chi connectivity index (χ3v) is 4.35. The van der Waals surface area contributed by atoms with Crippen LogP contribution in [0, 0.1) is 13.8 Å². The monoisotopic (exact) mass is 421 g/mol. The van der Waals surface area contributed by atoms with Crippen molar-refractivity contribution in [1.82, 2.24) is 0 Å². The van der Waals surface area contributed by atoms with Crippen LogP contribution in [0.2, 0.25) is 5.02 Å². The number of nitrogens with one attached hydrogen (secondary N) is 1. The number of para-hydroxylation sites is 1. The van der Waals surface area contributed by atoms with Gasteiger partial charge in [-0.2, -0.15) is 8.78 Å². The topological polar surface area (TPSA) is 60.7 Å². The summed E-state index contributed by atoms with van der Waals surface area (Å²) in [4.78, 5) is 12.3. The zero-order valence-corrected chi connectivity index (χ0v) is 16.4. The van der Waals surface area contributed by atoms with E-state index in [9.17, 15) is 13.6 Å². The fourth-order valence-electron chi connectivity index (χ4n) is 2.71. The number of halogens is 3. The molecular formula is C21H18ClF2NO4. The van der Waals surface area contributed by atoms with Crippen molar-refractivity contribution < 1.29 is 27.5 Å². The van der Waals surface area contributed by atoms with Crippen LogP contribution in [0.25, 0.3) is 0 Å². The molecule has 0 bridgehead atoms. The van der Waals surface area contributed by atoms with E-state index in [1.807, 2.05) is 32.0 Å². The van der Waals surface area contributed by atoms with Crippen molar-refractivity contribution in [2.45, 2.75) is 27.1 Å². The van der Waals surface area contributed by atoms with E-state index in [-0.39, 0.29) is 23.1 Å². The third-order valence-electron chi connectivity index (χ3n) is 4.06. The van der Waals surface area contributed by atoms with Crippen LogP contribution in [0.3, 0.4) is 0 Å². The highest BCUT2D eigenvalue weighted by molar-refractivity contribution is 6.32. The standard InChI is InChI=1S/C21H18ClF2NO4/c1-12-4-3-5-13(2)19(12)27-11-15-7-9-18(28-15)20(26)25-14-6-8-17(16(22)10-14)29-21(23)24/h3-10,21H,11H2,1-2H3,(H,25,26). The summed E-state index contributed by atoms with van der Waals surface area (Å²) in [6, 6.07) is 13.0. The molecule has 152 valence electrons. The van der Waals surface area contributed by atoms with Gasteiger partial charge in [-0.25, -0.2) is 0 Å². The van der Waals surface area contributed by atoms with Crippen LogP contribution in [-0.4, -0.2) is 12.5 Å². The van der Waals surface area contributed by atoms with Gasteiger partial charge in [0.05, 0.1) is 5.02 Å². The molecule has 0 aliphatic heterocycles. The first-order valence-electron chi connectivity index (χ1n) is 8.67. The van der Waals surface area contributed by atoms with E-state index in [4.69, 9.17) is 20.8 Å². The maximum Gasteiger partial charge on any atom is 0.387 e. The second kappa shape index (κ2) is 8.96. The summed E-state index contributed by atoms with van der Waals surface area (Å²) in [6.45, 7) is 1.09. The highest BCUT2D eigenvalue weighted by Gasteiger charge is 2.14. The second-order valence-electron chi connectivity index (χ2n) is 6.25. The fraction of sp³-hybridized carbons (Fsp3) is 0.190. The van der Waals surface area contributed by atoms with Crippen molar-refractivity contribution >= 4 is 23.2 Å². The number of carbonyl (C=O) groups excluding carboxylic acids is 1. The van der Waals surface area contributed by atoms with Crippen molar-refractivity contribution in [3.8, 4) is 11.5 Å². The average molecular weight is 422 g/mol. The molecule has 5 nitrogen and oxygen atoms in total. The highest BCUT2D eigenvalue weighted by Crippen LogP contribution is 2.29. The molecule has 1 heterocycles. The van der Waals surface area contributed by atoms with Crippen LogP contribution in [0.15, 0.2) is 52.9 Å². The highest BCUT2D eigenvalue weighted by atomic mass is 35.5. The first kappa shape index (κ1) is 20.7. The van der Waals surface area contributed by atoms with Gasteiger partial charge < -0.3 is 19.2 Å². The molecule has 3 rings (SSSR count). The van der Waals surface area contributed by atoms with Crippen molar-refractivity contribution in [1.29, 1.82) is 0 Å². The minimum Gasteiger partial charge on any atom is -0.485 e. The lowest BCUT2D eigenvalue weighted by atomic mass is 10.1. The van der Waals surface area contributed by atoms with E-state index in [1.54, 1.807) is 6.07 Å². The Morgan fingerprint density at radius 2 is 1.86 bits per heavy atom. The van der Waals surface area contributed by atoms with Gasteiger partial charge in [0.2, 0.25) is 0 Å². The molecule has 1 aromatic heterocycles. The lowest BCUT2D eigenvalue weighted by Gasteiger charge is -2.10. The molecule has 0 unspecified atom stereocenters. The Labute approximate surface area is 171 Å². The smallest absolute Gasteiger partial charge is 0.387 e. The molecule has 0 spiro atoms. The van der Waals surface area contributed by atoms with E-state index in [0.717, 1.165) is 16.9 Å². The molecule has 0 fully saturated rings. The SMILES string of the molecule is Cc1cccc(C)c1OCc1ccc(C(=O)Nc2ccc(OC(F)F)c(Cl)c2)o1. The number of amides is 1. The average Bonchev–Trinajstić information content (AvgIpc) is 3.12. The van der Waals surface area contributed by atoms with Crippen LogP contribution in [-0.2, 0) is 6.61 Å². The number of alkyl halides is 2. The van der Waals surface area contributed by atoms with Crippen LogP contribution in [0.1, 0.15) is 27.4 Å². The lowest BCUT2D eigenvalue weighted by molar-refractivity contribution is -0.0497. The normalized spacial score (nSPS) is 10.8. The molecule has 29 heavy (non-hydrogen) atoms. The van der Waals surface area contributed by atoms with Crippen LogP contribution in [0.5, 0.6) is 11.5 Å². The molecule has 1 N–H and O–H groups in total. The van der Waals surface area contributed by atoms with Crippen LogP contribution in [0.4, 0.5) is 14.5 Å². The number of furan rings is 1. The Morgan fingerprint density at radius 1 is 1.14 bits per heavy atom. The van der Waals surface area contributed by atoms with E-state index in [1.165, 1.54) is 24.3 Å². The molecule has 0 radical (unpaired) electrons. The van der Waals surface area contributed by atoms with E-state index in [2.05, 4.69) is 10.1 Å². The molecule has 2 aromatic carbocycles. The molecule has 0 saturated carbocycles. The van der Waals surface area contributed by atoms with Crippen LogP contribution < -0.4 is 14.8 Å². The van der Waals surface area contributed by atoms with Gasteiger partial charge in [-0.3, -0.25) is 4.79 Å². The largest absolute Gasteiger partial charge is 0.485 e. The molecule has 0 aliphatic rings. The maximum absolute atomic E-state index is 12.3. The van der Waals surface area contributed by atoms with Gasteiger partial charge in [0, 0.05) is 5.69 Å². The second-order valence-corrected chi connectivity index (χ2v) is 6.66. The Kier molecular flexibility index (Phi) is 6.39. The van der Waals surface area contributed by atoms with Crippen molar-refractivity contribution in [2.75, 3.05) is 5.32 Å². The van der Waals surface area contributed by atoms with Gasteiger partial charge >= 0.3 is 6.61 Å². The van der Waals surface area contributed by atoms with Gasteiger partial charge in [-0.05, 0) is 55.3 Å². The summed E-state index contributed by atoms with van der Waals surface area (Å²) < 4.78 is 40.2. The van der Waals surface area contributed by atoms with Gasteiger partial charge in [-0.15, -0.1) is 0 Å². The van der Waals surface area contributed by atoms with Crippen LogP contribution >= 0.6 is 11.6 Å². The number of anilines is 1. The molecular weight excluding hydrogens is 404 g/mol. The zero-order chi connectivity index (χ0) is 21.0. The Bertz CT molecular complexity index is 999. The van der Waals surface area contributed by atoms with E-state index >= 15 is 0 Å². The molecule has 1 amide bonds. The molecule has 0 atom stereocenters. The first-order valence-corrected chi connectivity index (χ1v) is 9.04. The Balaban J connectivity index is 1.63. The van der Waals surface area contributed by atoms with Gasteiger partial charge in [0.1, 0.15) is 23.9 Å². The summed E-state index contributed by atoms with van der Waals surface area (Å²) >= 11 is 5.88. The van der Waals surface area contributed by atoms with Crippen molar-refractivity contribution in [2.24, 2.45) is 0 Å². The van der Waals surface area contributed by atoms with Crippen molar-refractivity contribution in [3.05, 3.63) is 76.2 Å². The Hall–Kier alpha value is -3.06. The molecule has 8 heteroatoms. The molecule has 3 aromatic rings. The zero-order valence-electron chi connectivity index (χ0n) is 15.7. The number of ether oxygens (including phenoxy) is 2. The molecule has 0 saturated heterocycles. The van der Waals surface area contributed by atoms with Crippen molar-refractivity contribution in [3.63, 3.8) is 0 Å². The summed E-state index contributed by atoms with van der Waals surface area (Å²) in [5.41, 5.74) is 2.32. The summed E-state index contributed by atoms with van der Waals surface area (Å²) in [5.74, 6) is 0.645. The number of aryl methyl sites for hydroxylation is 2. The Morgan fingerprint density at radius 3 is 2.52 bits per heavy atom. The first-order chi connectivity index (χ1) is 13.8. The maximum atomic E-state index is 12.3. The number of hydrogen-bond acceptors (Lipinski definition) is 4. The number of benzene rings is 2. The molecule has 0 aliphatic carbocycles. The number of hydrogen-bond donors (Lipinski definition) is 1. The van der Waals surface area contributed by atoms with Gasteiger partial charge in [0.15, 0.2) is 5.76 Å². The minimum atomic E-state index is -2.99. The summed E-state index contributed by atoms with van der Waals surface area (Å²) in [7, 11) is 0. The lowest BCUT2D eigenvalue weighted by Crippen LogP contribution is -2.11. The minimum absolute atomic E-state index is 0.0507. The summed E-state index contributed by atoms with van der Waals surface area (Å²) in [5, 5.41) is 2.53. The third kappa shape index (κ3) is 5.26.